The molecule has 3 aliphatic rings. The van der Waals surface area contributed by atoms with Crippen LogP contribution in [-0.4, -0.2) is 95.1 Å². The Hall–Kier alpha value is -5.79. The first-order valence-electron chi connectivity index (χ1n) is 19.6. The van der Waals surface area contributed by atoms with Gasteiger partial charge in [0.2, 0.25) is 11.0 Å². The molecule has 5 heterocycles. The van der Waals surface area contributed by atoms with Crippen molar-refractivity contribution in [2.75, 3.05) is 72.2 Å². The van der Waals surface area contributed by atoms with E-state index in [2.05, 4.69) is 65.2 Å². The molecule has 24 heteroatoms. The molecule has 2 N–H and O–H groups in total. The number of carbonyl (C=O) groups excluding carboxylic acids is 1. The summed E-state index contributed by atoms with van der Waals surface area (Å²) in [7, 11) is -7.36. The van der Waals surface area contributed by atoms with E-state index < -0.39 is 31.1 Å². The second-order valence-electron chi connectivity index (χ2n) is 14.7. The van der Waals surface area contributed by atoms with E-state index in [0.29, 0.717) is 37.8 Å². The molecule has 346 valence electrons. The summed E-state index contributed by atoms with van der Waals surface area (Å²) in [6.45, 7) is 6.26. The number of rotatable bonds is 9. The lowest BCUT2D eigenvalue weighted by Crippen LogP contribution is -2.38. The average Bonchev–Trinajstić information content (AvgIpc) is 4.07. The quantitative estimate of drug-likeness (QED) is 0.0553. The fraction of sp³-hybridized carbons (Fsp3) is 0.375. The van der Waals surface area contributed by atoms with Crippen molar-refractivity contribution in [3.05, 3.63) is 127 Å². The Balaban J connectivity index is 0.000000192. The molecule has 3 atom stereocenters. The molecule has 3 aromatic carbocycles. The smallest absolute Gasteiger partial charge is 0.269 e. The predicted molar refractivity (Wildman–Crippen MR) is 241 cm³/mol. The number of aliphatic carboxylic acids is 1. The van der Waals surface area contributed by atoms with Crippen molar-refractivity contribution in [3.8, 4) is 0 Å². The van der Waals surface area contributed by atoms with E-state index in [9.17, 15) is 28.6 Å². The van der Waals surface area contributed by atoms with Gasteiger partial charge in [-0.1, -0.05) is 22.7 Å². The van der Waals surface area contributed by atoms with Crippen LogP contribution >= 0.6 is 22.7 Å². The molecule has 5 aromatic rings. The standard InChI is InChI=1S/C13H14N3O2S.C13H16N3S.C11H14N2O5S.C2H4O2.CH4O3S/c17-16(18)12-3-1-11(2-4-12)14-6-5-13(9-14)15-7-8-19-10-15;14-11-1-3-12(4-2-11)15-6-5-13(9-15)16-7-8-17-10-16;1-19(16,17)18-11-6-7-12(8-11)9-2-4-10(5-3-9)13(14)15;1-2(3)4;1-5(2,3)4/h1-4,7-8,10,13H,5-6,9H2;1-4,7-8,10,13H,5-6,9,14H2;2-5,11H,6-8H2,1H3;1H3,(H,3,4);1H3,(H,2,3,4)/q2*+1;;;/p-2. The molecule has 2 aromatic heterocycles. The minimum atomic E-state index is -3.92. The molecular weight excluding hydrogens is 913 g/mol. The number of nitro benzene ring substituents is 2. The van der Waals surface area contributed by atoms with Crippen LogP contribution in [0.4, 0.5) is 34.1 Å². The summed E-state index contributed by atoms with van der Waals surface area (Å²) in [6, 6.07) is 22.2. The number of hydrogen-bond donors (Lipinski definition) is 1. The number of hydrogen-bond acceptors (Lipinski definition) is 18. The van der Waals surface area contributed by atoms with Crippen LogP contribution in [0.5, 0.6) is 0 Å². The predicted octanol–water partition coefficient (Wildman–Crippen LogP) is 3.53. The highest BCUT2D eigenvalue weighted by molar-refractivity contribution is 7.86. The van der Waals surface area contributed by atoms with Gasteiger partial charge in [-0.3, -0.25) is 24.4 Å². The van der Waals surface area contributed by atoms with E-state index in [0.717, 1.165) is 62.8 Å². The van der Waals surface area contributed by atoms with Crippen LogP contribution in [0.25, 0.3) is 0 Å². The van der Waals surface area contributed by atoms with Crippen LogP contribution in [0.15, 0.2) is 107 Å². The fourth-order valence-electron chi connectivity index (χ4n) is 6.89. The summed E-state index contributed by atoms with van der Waals surface area (Å²) in [4.78, 5) is 35.9. The second-order valence-corrected chi connectivity index (χ2v) is 19.2. The number of nitro groups is 2. The minimum absolute atomic E-state index is 0.0342. The number of carboxylic acids is 1. The SMILES string of the molecule is CC(=O)[O-].CS(=O)(=O)OC1CCN(c2ccc([N+](=O)[O-])cc2)C1.CS(=O)(=O)[O-].Nc1ccc(N2CCC([n+]3ccsc3)C2)cc1.O=[N+]([O-])c1ccc(N2CCC([n+]3ccsc3)C2)cc1. The Kier molecular flexibility index (Phi) is 18.9. The molecule has 20 nitrogen and oxygen atoms in total. The van der Waals surface area contributed by atoms with Gasteiger partial charge in [0.1, 0.15) is 0 Å². The number of nitrogen functional groups attached to an aromatic ring is 1. The molecule has 3 unspecified atom stereocenters. The number of nitrogens with two attached hydrogens (primary N) is 1. The fourth-order valence-corrected chi connectivity index (χ4v) is 8.87. The third kappa shape index (κ3) is 17.8. The molecule has 8 rings (SSSR count). The Bertz CT molecular complexity index is 2450. The van der Waals surface area contributed by atoms with Gasteiger partial charge < -0.3 is 34.9 Å². The summed E-state index contributed by atoms with van der Waals surface area (Å²) in [6.07, 6.45) is 8.49. The van der Waals surface area contributed by atoms with E-state index in [1.807, 2.05) is 29.2 Å². The van der Waals surface area contributed by atoms with Gasteiger partial charge in [-0.15, -0.1) is 0 Å². The number of benzene rings is 3. The number of nitrogens with zero attached hydrogens (tertiary/aromatic N) is 7. The van der Waals surface area contributed by atoms with Crippen molar-refractivity contribution in [1.82, 2.24) is 0 Å². The normalized spacial score (nSPS) is 17.9. The highest BCUT2D eigenvalue weighted by atomic mass is 32.2. The number of carboxylic acid groups (broad SMARTS) is 1. The molecular formula is C40H50N8O12S4. The number of anilines is 4. The summed E-state index contributed by atoms with van der Waals surface area (Å²) >= 11 is 3.45. The number of non-ortho nitro benzene ring substituents is 2. The lowest BCUT2D eigenvalue weighted by molar-refractivity contribution is -0.714. The van der Waals surface area contributed by atoms with Crippen LogP contribution in [0.2, 0.25) is 0 Å². The van der Waals surface area contributed by atoms with Crippen LogP contribution < -0.4 is 34.7 Å². The Labute approximate surface area is 379 Å². The van der Waals surface area contributed by atoms with E-state index >= 15 is 0 Å². The first-order chi connectivity index (χ1) is 30.1. The molecule has 3 fully saturated rings. The number of aromatic nitrogens is 2. The maximum absolute atomic E-state index is 11.0. The van der Waals surface area contributed by atoms with Crippen molar-refractivity contribution < 1.29 is 54.5 Å². The Morgan fingerprint density at radius 3 is 1.36 bits per heavy atom. The van der Waals surface area contributed by atoms with E-state index in [-0.39, 0.29) is 22.4 Å². The van der Waals surface area contributed by atoms with Crippen LogP contribution in [0.1, 0.15) is 38.3 Å². The maximum atomic E-state index is 11.0. The Morgan fingerprint density at radius 1 is 0.688 bits per heavy atom. The van der Waals surface area contributed by atoms with Crippen molar-refractivity contribution >= 4 is 83.0 Å². The molecule has 0 saturated carbocycles. The molecule has 3 aliphatic heterocycles. The maximum Gasteiger partial charge on any atom is 0.269 e. The van der Waals surface area contributed by atoms with Crippen LogP contribution in [-0.2, 0) is 29.2 Å². The van der Waals surface area contributed by atoms with Gasteiger partial charge in [-0.05, 0) is 61.9 Å². The molecule has 0 radical (unpaired) electrons. The molecule has 0 spiro atoms. The van der Waals surface area contributed by atoms with Crippen molar-refractivity contribution in [2.24, 2.45) is 0 Å². The van der Waals surface area contributed by atoms with Gasteiger partial charge in [-0.25, -0.2) is 8.42 Å². The minimum Gasteiger partial charge on any atom is -0.748 e. The zero-order chi connectivity index (χ0) is 47.0. The zero-order valence-corrected chi connectivity index (χ0v) is 38.5. The van der Waals surface area contributed by atoms with Crippen LogP contribution in [0, 0.1) is 20.2 Å². The second kappa shape index (κ2) is 23.8. The van der Waals surface area contributed by atoms with Crippen molar-refractivity contribution in [3.63, 3.8) is 0 Å². The van der Waals surface area contributed by atoms with Gasteiger partial charge in [0.05, 0.1) is 56.2 Å². The first kappa shape index (κ1) is 50.9. The van der Waals surface area contributed by atoms with Crippen LogP contribution in [0.3, 0.4) is 0 Å². The lowest BCUT2D eigenvalue weighted by atomic mass is 10.2. The third-order valence-corrected chi connectivity index (χ3v) is 11.6. The zero-order valence-electron chi connectivity index (χ0n) is 35.2. The van der Waals surface area contributed by atoms with E-state index in [1.54, 1.807) is 46.9 Å². The molecule has 64 heavy (non-hydrogen) atoms. The van der Waals surface area contributed by atoms with Gasteiger partial charge >= 0.3 is 0 Å². The van der Waals surface area contributed by atoms with Gasteiger partial charge in [-0.2, -0.15) is 17.6 Å². The highest BCUT2D eigenvalue weighted by Gasteiger charge is 2.31. The van der Waals surface area contributed by atoms with Gasteiger partial charge in [0.25, 0.3) is 21.5 Å². The lowest BCUT2D eigenvalue weighted by Gasteiger charge is -2.18. The highest BCUT2D eigenvalue weighted by Crippen LogP contribution is 2.28. The van der Waals surface area contributed by atoms with Crippen molar-refractivity contribution in [1.29, 1.82) is 0 Å². The van der Waals surface area contributed by atoms with Gasteiger partial charge in [0, 0.05) is 98.3 Å². The summed E-state index contributed by atoms with van der Waals surface area (Å²) in [5.74, 6) is -1.08. The number of thiazole rings is 2. The summed E-state index contributed by atoms with van der Waals surface area (Å²) < 4.78 is 58.8. The van der Waals surface area contributed by atoms with Crippen molar-refractivity contribution in [2.45, 2.75) is 44.4 Å². The van der Waals surface area contributed by atoms with Gasteiger partial charge in [0.15, 0.2) is 24.5 Å². The average molecular weight is 963 g/mol. The molecule has 0 bridgehead atoms. The first-order valence-corrected chi connectivity index (χ1v) is 25.1. The Morgan fingerprint density at radius 2 is 1.03 bits per heavy atom. The largest absolute Gasteiger partial charge is 0.748 e. The number of carbonyl (C=O) groups is 1. The summed E-state index contributed by atoms with van der Waals surface area (Å²) in [5, 5.41) is 34.3. The molecule has 3 saturated heterocycles. The third-order valence-electron chi connectivity index (χ3n) is 9.72. The molecule has 0 aliphatic carbocycles. The molecule has 0 amide bonds. The van der Waals surface area contributed by atoms with E-state index in [1.165, 1.54) is 24.2 Å². The topological polar surface area (TPSA) is 270 Å². The monoisotopic (exact) mass is 962 g/mol. The summed E-state index contributed by atoms with van der Waals surface area (Å²) in [5.41, 5.74) is 14.2. The van der Waals surface area contributed by atoms with E-state index in [4.69, 9.17) is 32.8 Å².